The molecule has 0 aliphatic rings. The molecule has 138 valence electrons. The van der Waals surface area contributed by atoms with E-state index in [1.54, 1.807) is 0 Å². The predicted octanol–water partition coefficient (Wildman–Crippen LogP) is -0.234. The normalized spacial score (nSPS) is 9.69. The van der Waals surface area contributed by atoms with Crippen LogP contribution >= 0.6 is 0 Å². The number of nitrogens with one attached hydrogen (secondary N) is 2. The van der Waals surface area contributed by atoms with E-state index in [1.807, 2.05) is 0 Å². The summed E-state index contributed by atoms with van der Waals surface area (Å²) >= 11 is 0. The summed E-state index contributed by atoms with van der Waals surface area (Å²) in [6.07, 6.45) is 0. The van der Waals surface area contributed by atoms with Crippen LogP contribution in [0.5, 0.6) is 0 Å². The summed E-state index contributed by atoms with van der Waals surface area (Å²) in [4.78, 5) is 70.2. The fourth-order valence-electron chi connectivity index (χ4n) is 1.90. The molecule has 0 aliphatic carbocycles. The zero-order chi connectivity index (χ0) is 20.0. The molecule has 0 fully saturated rings. The lowest BCUT2D eigenvalue weighted by Crippen LogP contribution is -2.49. The molecule has 0 saturated carbocycles. The first-order valence-corrected chi connectivity index (χ1v) is 7.39. The molecular formula is C16H18N4O6. The summed E-state index contributed by atoms with van der Waals surface area (Å²) < 4.78 is 0. The summed E-state index contributed by atoms with van der Waals surface area (Å²) in [5.41, 5.74) is 4.01. The Morgan fingerprint density at radius 2 is 1.04 bits per heavy atom. The maximum Gasteiger partial charge on any atom is 0.279 e. The van der Waals surface area contributed by atoms with Crippen molar-refractivity contribution in [2.75, 3.05) is 0 Å². The number of carbonyl (C=O) groups excluding carboxylic acids is 6. The van der Waals surface area contributed by atoms with Gasteiger partial charge in [0.1, 0.15) is 0 Å². The second-order valence-electron chi connectivity index (χ2n) is 5.24. The van der Waals surface area contributed by atoms with Gasteiger partial charge in [-0.1, -0.05) is 6.07 Å². The highest BCUT2D eigenvalue weighted by molar-refractivity contribution is 6.08. The zero-order valence-corrected chi connectivity index (χ0v) is 14.7. The molecule has 1 rings (SSSR count). The lowest BCUT2D eigenvalue weighted by molar-refractivity contribution is -0.135. The van der Waals surface area contributed by atoms with Gasteiger partial charge in [-0.05, 0) is 18.2 Å². The predicted molar refractivity (Wildman–Crippen MR) is 87.8 cm³/mol. The van der Waals surface area contributed by atoms with Gasteiger partial charge >= 0.3 is 0 Å². The molecule has 0 unspecified atom stereocenters. The van der Waals surface area contributed by atoms with Gasteiger partial charge in [0.25, 0.3) is 11.8 Å². The molecule has 0 aliphatic heterocycles. The highest BCUT2D eigenvalue weighted by Gasteiger charge is 2.25. The molecule has 0 saturated heterocycles. The molecule has 10 heteroatoms. The molecule has 6 amide bonds. The van der Waals surface area contributed by atoms with Crippen LogP contribution in [0.2, 0.25) is 0 Å². The molecular weight excluding hydrogens is 344 g/mol. The second kappa shape index (κ2) is 8.51. The van der Waals surface area contributed by atoms with Gasteiger partial charge in [-0.25, -0.2) is 0 Å². The van der Waals surface area contributed by atoms with E-state index < -0.39 is 35.4 Å². The lowest BCUT2D eigenvalue weighted by atomic mass is 10.1. The lowest BCUT2D eigenvalue weighted by Gasteiger charge is -2.20. The molecule has 0 aromatic heterocycles. The molecule has 0 bridgehead atoms. The van der Waals surface area contributed by atoms with E-state index in [9.17, 15) is 28.8 Å². The summed E-state index contributed by atoms with van der Waals surface area (Å²) in [6, 6.07) is 5.15. The number of imide groups is 2. The summed E-state index contributed by atoms with van der Waals surface area (Å²) in [5.74, 6) is -4.45. The Kier molecular flexibility index (Phi) is 6.71. The van der Waals surface area contributed by atoms with Gasteiger partial charge < -0.3 is 0 Å². The largest absolute Gasteiger partial charge is 0.279 e. The topological polar surface area (TPSA) is 133 Å². The standard InChI is InChI=1S/C16H18N4O6/c1-9(21)17-19(11(3)23)15(25)13-6-5-7-14(8-13)16(26)20(12(4)24)18-10(2)22/h5-8H,1-4H3,(H,17,21)(H,18,22). The van der Waals surface area contributed by atoms with Gasteiger partial charge in [-0.2, -0.15) is 10.0 Å². The Hall–Kier alpha value is -3.56. The van der Waals surface area contributed by atoms with Crippen molar-refractivity contribution in [3.8, 4) is 0 Å². The van der Waals surface area contributed by atoms with Crippen molar-refractivity contribution < 1.29 is 28.8 Å². The minimum atomic E-state index is -0.865. The molecule has 0 spiro atoms. The molecule has 0 radical (unpaired) electrons. The highest BCUT2D eigenvalue weighted by atomic mass is 16.2. The molecule has 0 heterocycles. The van der Waals surface area contributed by atoms with Crippen molar-refractivity contribution in [2.24, 2.45) is 0 Å². The third kappa shape index (κ3) is 5.23. The van der Waals surface area contributed by atoms with Crippen LogP contribution in [0.4, 0.5) is 0 Å². The first kappa shape index (κ1) is 20.5. The number of carbonyl (C=O) groups is 6. The van der Waals surface area contributed by atoms with E-state index >= 15 is 0 Å². The Bertz CT molecular complexity index is 727. The monoisotopic (exact) mass is 362 g/mol. The Balaban J connectivity index is 3.20. The average molecular weight is 362 g/mol. The van der Waals surface area contributed by atoms with E-state index in [1.165, 1.54) is 18.2 Å². The number of benzene rings is 1. The van der Waals surface area contributed by atoms with E-state index in [0.717, 1.165) is 33.8 Å². The van der Waals surface area contributed by atoms with Crippen molar-refractivity contribution in [1.82, 2.24) is 20.9 Å². The first-order chi connectivity index (χ1) is 12.0. The Labute approximate surface area is 149 Å². The van der Waals surface area contributed by atoms with Crippen LogP contribution in [-0.2, 0) is 19.2 Å². The van der Waals surface area contributed by atoms with Gasteiger partial charge in [0.2, 0.25) is 23.6 Å². The first-order valence-electron chi connectivity index (χ1n) is 7.39. The number of rotatable bonds is 2. The van der Waals surface area contributed by atoms with Gasteiger partial charge in [0.15, 0.2) is 0 Å². The Morgan fingerprint density at radius 1 is 0.692 bits per heavy atom. The number of hydrogen-bond donors (Lipinski definition) is 2. The molecule has 1 aromatic carbocycles. The van der Waals surface area contributed by atoms with Gasteiger partial charge in [-0.15, -0.1) is 0 Å². The molecule has 0 atom stereocenters. The van der Waals surface area contributed by atoms with E-state index in [4.69, 9.17) is 0 Å². The molecule has 10 nitrogen and oxygen atoms in total. The number of amides is 6. The smallest absolute Gasteiger partial charge is 0.274 e. The molecule has 2 N–H and O–H groups in total. The van der Waals surface area contributed by atoms with Crippen LogP contribution in [0.1, 0.15) is 48.4 Å². The van der Waals surface area contributed by atoms with Crippen LogP contribution < -0.4 is 10.9 Å². The van der Waals surface area contributed by atoms with Crippen molar-refractivity contribution in [1.29, 1.82) is 0 Å². The highest BCUT2D eigenvalue weighted by Crippen LogP contribution is 2.10. The SMILES string of the molecule is CC(=O)NN(C(C)=O)C(=O)c1cccc(C(=O)N(NC(C)=O)C(C)=O)c1. The van der Waals surface area contributed by atoms with Crippen LogP contribution in [-0.4, -0.2) is 45.5 Å². The fraction of sp³-hybridized carbons (Fsp3) is 0.250. The summed E-state index contributed by atoms with van der Waals surface area (Å²) in [7, 11) is 0. The maximum absolute atomic E-state index is 12.4. The maximum atomic E-state index is 12.4. The van der Waals surface area contributed by atoms with E-state index in [-0.39, 0.29) is 11.1 Å². The van der Waals surface area contributed by atoms with E-state index in [2.05, 4.69) is 10.9 Å². The number of hydrogen-bond acceptors (Lipinski definition) is 6. The average Bonchev–Trinajstić information content (AvgIpc) is 2.55. The van der Waals surface area contributed by atoms with Gasteiger partial charge in [0.05, 0.1) is 0 Å². The zero-order valence-electron chi connectivity index (χ0n) is 14.7. The molecule has 1 aromatic rings. The minimum Gasteiger partial charge on any atom is -0.274 e. The van der Waals surface area contributed by atoms with Crippen molar-refractivity contribution in [3.63, 3.8) is 0 Å². The third-order valence-corrected chi connectivity index (χ3v) is 2.93. The van der Waals surface area contributed by atoms with Gasteiger partial charge in [-0.3, -0.25) is 39.6 Å². The van der Waals surface area contributed by atoms with Gasteiger partial charge in [0, 0.05) is 38.8 Å². The van der Waals surface area contributed by atoms with Crippen molar-refractivity contribution in [2.45, 2.75) is 27.7 Å². The second-order valence-corrected chi connectivity index (χ2v) is 5.24. The number of nitrogens with zero attached hydrogens (tertiary/aromatic N) is 2. The van der Waals surface area contributed by atoms with Crippen LogP contribution in [0.15, 0.2) is 24.3 Å². The third-order valence-electron chi connectivity index (χ3n) is 2.93. The van der Waals surface area contributed by atoms with Crippen LogP contribution in [0.25, 0.3) is 0 Å². The minimum absolute atomic E-state index is 0.0777. The fourth-order valence-corrected chi connectivity index (χ4v) is 1.90. The summed E-state index contributed by atoms with van der Waals surface area (Å²) in [5, 5.41) is 1.00. The van der Waals surface area contributed by atoms with Crippen molar-refractivity contribution in [3.05, 3.63) is 35.4 Å². The summed E-state index contributed by atoms with van der Waals surface area (Å²) in [6.45, 7) is 4.41. The Morgan fingerprint density at radius 3 is 1.31 bits per heavy atom. The van der Waals surface area contributed by atoms with Crippen LogP contribution in [0.3, 0.4) is 0 Å². The van der Waals surface area contributed by atoms with E-state index in [0.29, 0.717) is 10.0 Å². The molecule has 26 heavy (non-hydrogen) atoms. The quantitative estimate of drug-likeness (QED) is 0.698. The van der Waals surface area contributed by atoms with Crippen LogP contribution in [0, 0.1) is 0 Å². The number of hydrazine groups is 2. The van der Waals surface area contributed by atoms with Crippen molar-refractivity contribution >= 4 is 35.4 Å².